The minimum Gasteiger partial charge on any atom is -0.295 e. The van der Waals surface area contributed by atoms with Gasteiger partial charge in [0, 0.05) is 0 Å². The van der Waals surface area contributed by atoms with E-state index in [1.54, 1.807) is 0 Å². The van der Waals surface area contributed by atoms with E-state index < -0.39 is 23.9 Å². The monoisotopic (exact) mass is 319 g/mol. The summed E-state index contributed by atoms with van der Waals surface area (Å²) >= 11 is 0. The van der Waals surface area contributed by atoms with Gasteiger partial charge in [0.25, 0.3) is 5.91 Å². The molecule has 0 bridgehead atoms. The van der Waals surface area contributed by atoms with Crippen LogP contribution in [0.15, 0.2) is 0 Å². The van der Waals surface area contributed by atoms with Crippen molar-refractivity contribution in [1.82, 2.24) is 15.7 Å². The molecule has 2 aliphatic rings. The zero-order valence-electron chi connectivity index (χ0n) is 11.9. The first kappa shape index (κ1) is 17.9. The van der Waals surface area contributed by atoms with Crippen molar-refractivity contribution in [2.24, 2.45) is 0 Å². The van der Waals surface area contributed by atoms with Crippen molar-refractivity contribution in [2.45, 2.75) is 50.5 Å². The molecule has 0 aromatic carbocycles. The molecule has 0 radical (unpaired) electrons. The quantitative estimate of drug-likeness (QED) is 0.388. The van der Waals surface area contributed by atoms with Gasteiger partial charge in [0.2, 0.25) is 11.8 Å². The van der Waals surface area contributed by atoms with Crippen LogP contribution in [-0.2, 0) is 14.4 Å². The molecule has 0 aromatic rings. The van der Waals surface area contributed by atoms with Crippen LogP contribution in [0, 0.1) is 0 Å². The predicted molar refractivity (Wildman–Crippen MR) is 76.9 cm³/mol. The van der Waals surface area contributed by atoms with E-state index in [9.17, 15) is 14.4 Å². The standard InChI is InChI=1S/C13H21N3O4.ClH/c17-10(15-20)9-16-11(18)8-14-13(12(16)19)6-4-2-1-3-5-7-13;/h14,20H,1-9H2,(H,15,17);1H. The second-order valence-electron chi connectivity index (χ2n) is 5.52. The molecule has 1 aliphatic carbocycles. The van der Waals surface area contributed by atoms with E-state index >= 15 is 0 Å². The highest BCUT2D eigenvalue weighted by Gasteiger charge is 2.46. The maximum absolute atomic E-state index is 12.6. The molecule has 0 aromatic heterocycles. The van der Waals surface area contributed by atoms with Gasteiger partial charge < -0.3 is 0 Å². The molecule has 1 spiro atoms. The molecule has 8 heteroatoms. The van der Waals surface area contributed by atoms with E-state index in [0.717, 1.165) is 30.6 Å². The van der Waals surface area contributed by atoms with E-state index in [1.807, 2.05) is 0 Å². The fourth-order valence-electron chi connectivity index (χ4n) is 3.03. The third kappa shape index (κ3) is 3.93. The van der Waals surface area contributed by atoms with Crippen molar-refractivity contribution in [3.8, 4) is 0 Å². The Morgan fingerprint density at radius 1 is 1.19 bits per heavy atom. The van der Waals surface area contributed by atoms with Gasteiger partial charge in [-0.1, -0.05) is 32.1 Å². The number of rotatable bonds is 2. The Balaban J connectivity index is 0.00000220. The highest BCUT2D eigenvalue weighted by molar-refractivity contribution is 6.05. The largest absolute Gasteiger partial charge is 0.295 e. The van der Waals surface area contributed by atoms with Crippen LogP contribution in [0.3, 0.4) is 0 Å². The number of amides is 3. The molecule has 0 unspecified atom stereocenters. The van der Waals surface area contributed by atoms with Gasteiger partial charge in [-0.3, -0.25) is 29.8 Å². The second kappa shape index (κ2) is 7.72. The third-order valence-corrected chi connectivity index (χ3v) is 4.17. The molecule has 21 heavy (non-hydrogen) atoms. The fraction of sp³-hybridized carbons (Fsp3) is 0.769. The molecule has 2 fully saturated rings. The second-order valence-corrected chi connectivity index (χ2v) is 5.52. The molecule has 1 saturated heterocycles. The lowest BCUT2D eigenvalue weighted by Crippen LogP contribution is -2.67. The van der Waals surface area contributed by atoms with Crippen LogP contribution < -0.4 is 10.8 Å². The van der Waals surface area contributed by atoms with E-state index in [0.29, 0.717) is 12.8 Å². The topological polar surface area (TPSA) is 98.7 Å². The maximum Gasteiger partial charge on any atom is 0.263 e. The van der Waals surface area contributed by atoms with Gasteiger partial charge in [0.05, 0.1) is 12.1 Å². The van der Waals surface area contributed by atoms with Crippen molar-refractivity contribution in [3.05, 3.63) is 0 Å². The number of hydroxylamine groups is 1. The molecule has 1 saturated carbocycles. The molecule has 3 N–H and O–H groups in total. The number of imide groups is 1. The average Bonchev–Trinajstić information content (AvgIpc) is 2.42. The lowest BCUT2D eigenvalue weighted by atomic mass is 9.81. The van der Waals surface area contributed by atoms with Crippen LogP contribution in [0.5, 0.6) is 0 Å². The van der Waals surface area contributed by atoms with Crippen molar-refractivity contribution < 1.29 is 19.6 Å². The highest BCUT2D eigenvalue weighted by Crippen LogP contribution is 2.30. The number of carbonyl (C=O) groups is 3. The molecule has 2 rings (SSSR count). The number of nitrogens with zero attached hydrogens (tertiary/aromatic N) is 1. The summed E-state index contributed by atoms with van der Waals surface area (Å²) in [6, 6.07) is 0. The lowest BCUT2D eigenvalue weighted by Gasteiger charge is -2.42. The van der Waals surface area contributed by atoms with E-state index in [-0.39, 0.29) is 24.9 Å². The van der Waals surface area contributed by atoms with Crippen molar-refractivity contribution in [1.29, 1.82) is 0 Å². The first-order valence-electron chi connectivity index (χ1n) is 7.12. The van der Waals surface area contributed by atoms with Gasteiger partial charge >= 0.3 is 0 Å². The van der Waals surface area contributed by atoms with Crippen molar-refractivity contribution >= 4 is 30.1 Å². The summed E-state index contributed by atoms with van der Waals surface area (Å²) in [5.74, 6) is -1.51. The van der Waals surface area contributed by atoms with Crippen LogP contribution in [0.25, 0.3) is 0 Å². The lowest BCUT2D eigenvalue weighted by molar-refractivity contribution is -0.157. The van der Waals surface area contributed by atoms with Crippen LogP contribution >= 0.6 is 12.4 Å². The number of hydrogen-bond donors (Lipinski definition) is 3. The Morgan fingerprint density at radius 3 is 2.33 bits per heavy atom. The smallest absolute Gasteiger partial charge is 0.263 e. The Bertz CT molecular complexity index is 408. The number of piperazine rings is 1. The van der Waals surface area contributed by atoms with Crippen LogP contribution in [0.2, 0.25) is 0 Å². The minimum absolute atomic E-state index is 0. The number of hydrogen-bond acceptors (Lipinski definition) is 5. The first-order valence-corrected chi connectivity index (χ1v) is 7.12. The van der Waals surface area contributed by atoms with Crippen LogP contribution in [0.1, 0.15) is 44.9 Å². The Labute approximate surface area is 129 Å². The first-order chi connectivity index (χ1) is 9.59. The summed E-state index contributed by atoms with van der Waals surface area (Å²) in [4.78, 5) is 36.6. The van der Waals surface area contributed by atoms with Crippen molar-refractivity contribution in [3.63, 3.8) is 0 Å². The summed E-state index contributed by atoms with van der Waals surface area (Å²) in [6.45, 7) is -0.359. The zero-order valence-corrected chi connectivity index (χ0v) is 12.7. The maximum atomic E-state index is 12.6. The van der Waals surface area contributed by atoms with Gasteiger partial charge in [-0.05, 0) is 12.8 Å². The van der Waals surface area contributed by atoms with E-state index in [2.05, 4.69) is 5.32 Å². The number of nitrogens with one attached hydrogen (secondary N) is 2. The Hall–Kier alpha value is -1.18. The Kier molecular flexibility index (Phi) is 6.57. The van der Waals surface area contributed by atoms with Crippen LogP contribution in [-0.4, -0.2) is 46.5 Å². The summed E-state index contributed by atoms with van der Waals surface area (Å²) in [7, 11) is 0. The van der Waals surface area contributed by atoms with Gasteiger partial charge in [-0.25, -0.2) is 5.48 Å². The normalized spacial score (nSPS) is 22.2. The van der Waals surface area contributed by atoms with E-state index in [1.165, 1.54) is 11.9 Å². The molecule has 3 amide bonds. The number of halogens is 1. The van der Waals surface area contributed by atoms with Gasteiger partial charge in [-0.15, -0.1) is 12.4 Å². The van der Waals surface area contributed by atoms with Crippen molar-refractivity contribution in [2.75, 3.05) is 13.1 Å². The average molecular weight is 320 g/mol. The van der Waals surface area contributed by atoms with E-state index in [4.69, 9.17) is 5.21 Å². The fourth-order valence-corrected chi connectivity index (χ4v) is 3.03. The zero-order chi connectivity index (χ0) is 14.6. The molecule has 0 atom stereocenters. The molecule has 120 valence electrons. The highest BCUT2D eigenvalue weighted by atomic mass is 35.5. The van der Waals surface area contributed by atoms with Crippen LogP contribution in [0.4, 0.5) is 0 Å². The number of carbonyl (C=O) groups excluding carboxylic acids is 3. The molecule has 7 nitrogen and oxygen atoms in total. The molecule has 1 aliphatic heterocycles. The summed E-state index contributed by atoms with van der Waals surface area (Å²) in [5.41, 5.74) is 0.743. The van der Waals surface area contributed by atoms with Gasteiger partial charge in [0.15, 0.2) is 0 Å². The SMILES string of the molecule is Cl.O=C(CN1C(=O)CNC2(CCCCCCC2)C1=O)NO. The summed E-state index contributed by atoms with van der Waals surface area (Å²) in [6.07, 6.45) is 6.61. The van der Waals surface area contributed by atoms with Gasteiger partial charge in [-0.2, -0.15) is 0 Å². The summed E-state index contributed by atoms with van der Waals surface area (Å²) < 4.78 is 0. The molecule has 1 heterocycles. The molecular weight excluding hydrogens is 298 g/mol. The minimum atomic E-state index is -0.755. The van der Waals surface area contributed by atoms with Gasteiger partial charge in [0.1, 0.15) is 6.54 Å². The Morgan fingerprint density at radius 2 is 1.76 bits per heavy atom. The summed E-state index contributed by atoms with van der Waals surface area (Å²) in [5, 5.41) is 11.6. The molecular formula is C13H22ClN3O4. The third-order valence-electron chi connectivity index (χ3n) is 4.17. The predicted octanol–water partition coefficient (Wildman–Crippen LogP) is 0.355.